The number of amides is 2. The lowest BCUT2D eigenvalue weighted by Gasteiger charge is -2.07. The largest absolute Gasteiger partial charge is 0.476 e. The molecule has 104 valence electrons. The van der Waals surface area contributed by atoms with Crippen molar-refractivity contribution >= 4 is 23.4 Å². The molecule has 2 aromatic heterocycles. The molecule has 2 aromatic rings. The Morgan fingerprint density at radius 3 is 2.85 bits per heavy atom. The van der Waals surface area contributed by atoms with Crippen LogP contribution in [0.25, 0.3) is 0 Å². The lowest BCUT2D eigenvalue weighted by molar-refractivity contribution is 0.0692. The number of carboxylic acid groups (broad SMARTS) is 1. The number of aryl methyl sites for hydroxylation is 1. The summed E-state index contributed by atoms with van der Waals surface area (Å²) in [5.74, 6) is -1.21. The van der Waals surface area contributed by atoms with Gasteiger partial charge in [0.1, 0.15) is 0 Å². The number of nitrogens with one attached hydrogen (secondary N) is 2. The number of urea groups is 1. The lowest BCUT2D eigenvalue weighted by atomic mass is 10.3. The first-order valence-corrected chi connectivity index (χ1v) is 5.89. The van der Waals surface area contributed by atoms with Gasteiger partial charge >= 0.3 is 12.0 Å². The molecule has 3 N–H and O–H groups in total. The predicted octanol–water partition coefficient (Wildman–Crippen LogP) is 1.64. The fourth-order valence-electron chi connectivity index (χ4n) is 1.56. The van der Waals surface area contributed by atoms with Crippen molar-refractivity contribution in [3.05, 3.63) is 36.4 Å². The molecule has 20 heavy (non-hydrogen) atoms. The summed E-state index contributed by atoms with van der Waals surface area (Å²) in [6, 6.07) is 2.44. The first-order valence-electron chi connectivity index (χ1n) is 5.89. The number of carbonyl (C=O) groups excluding carboxylic acids is 1. The summed E-state index contributed by atoms with van der Waals surface area (Å²) < 4.78 is 1.66. The van der Waals surface area contributed by atoms with E-state index in [4.69, 9.17) is 5.11 Å². The van der Waals surface area contributed by atoms with Crippen LogP contribution in [0.5, 0.6) is 0 Å². The van der Waals surface area contributed by atoms with Crippen molar-refractivity contribution < 1.29 is 14.7 Å². The van der Waals surface area contributed by atoms with E-state index in [0.29, 0.717) is 12.2 Å². The highest BCUT2D eigenvalue weighted by Crippen LogP contribution is 2.13. The fourth-order valence-corrected chi connectivity index (χ4v) is 1.56. The highest BCUT2D eigenvalue weighted by molar-refractivity contribution is 6.03. The highest BCUT2D eigenvalue weighted by atomic mass is 16.4. The van der Waals surface area contributed by atoms with Crippen molar-refractivity contribution in [3.63, 3.8) is 0 Å². The van der Waals surface area contributed by atoms with Crippen molar-refractivity contribution in [2.75, 3.05) is 10.6 Å². The van der Waals surface area contributed by atoms with Gasteiger partial charge in [-0.25, -0.2) is 14.6 Å². The van der Waals surface area contributed by atoms with E-state index < -0.39 is 12.0 Å². The number of nitrogens with zero attached hydrogens (tertiary/aromatic N) is 3. The zero-order valence-corrected chi connectivity index (χ0v) is 10.7. The Morgan fingerprint density at radius 2 is 2.20 bits per heavy atom. The molecule has 0 aliphatic carbocycles. The van der Waals surface area contributed by atoms with E-state index in [1.54, 1.807) is 10.9 Å². The third-order valence-electron chi connectivity index (χ3n) is 2.47. The van der Waals surface area contributed by atoms with Crippen LogP contribution in [0.15, 0.2) is 30.7 Å². The van der Waals surface area contributed by atoms with Gasteiger partial charge < -0.3 is 15.7 Å². The molecule has 0 saturated carbocycles. The average Bonchev–Trinajstić information content (AvgIpc) is 2.86. The number of carboxylic acids is 1. The van der Waals surface area contributed by atoms with Gasteiger partial charge in [0.25, 0.3) is 0 Å². The number of hydrogen-bond acceptors (Lipinski definition) is 4. The van der Waals surface area contributed by atoms with Crippen molar-refractivity contribution in [1.82, 2.24) is 14.8 Å². The van der Waals surface area contributed by atoms with Crippen molar-refractivity contribution in [1.29, 1.82) is 0 Å². The van der Waals surface area contributed by atoms with Crippen LogP contribution < -0.4 is 10.6 Å². The first kappa shape index (κ1) is 13.5. The van der Waals surface area contributed by atoms with Gasteiger partial charge in [0.2, 0.25) is 0 Å². The van der Waals surface area contributed by atoms with E-state index in [2.05, 4.69) is 20.7 Å². The van der Waals surface area contributed by atoms with E-state index >= 15 is 0 Å². The van der Waals surface area contributed by atoms with Crippen LogP contribution in [0.3, 0.4) is 0 Å². The SMILES string of the molecule is CCn1cc(NC(=O)Nc2cccnc2C(=O)O)cn1. The van der Waals surface area contributed by atoms with Crippen LogP contribution in [0.4, 0.5) is 16.2 Å². The maximum absolute atomic E-state index is 11.8. The van der Waals surface area contributed by atoms with Crippen LogP contribution >= 0.6 is 0 Å². The second kappa shape index (κ2) is 5.83. The molecular formula is C12H13N5O3. The molecule has 2 heterocycles. The van der Waals surface area contributed by atoms with Gasteiger partial charge in [-0.05, 0) is 19.1 Å². The molecule has 2 rings (SSSR count). The molecule has 0 bridgehead atoms. The Bertz CT molecular complexity index is 638. The summed E-state index contributed by atoms with van der Waals surface area (Å²) in [5.41, 5.74) is 0.428. The molecule has 0 aromatic carbocycles. The van der Waals surface area contributed by atoms with Crippen LogP contribution in [0.1, 0.15) is 17.4 Å². The summed E-state index contributed by atoms with van der Waals surface area (Å²) in [4.78, 5) is 26.4. The molecule has 0 aliphatic heterocycles. The molecule has 0 aliphatic rings. The second-order valence-electron chi connectivity index (χ2n) is 3.87. The Hall–Kier alpha value is -2.90. The van der Waals surface area contributed by atoms with E-state index in [9.17, 15) is 9.59 Å². The molecule has 0 saturated heterocycles. The Labute approximate surface area is 114 Å². The molecule has 0 spiro atoms. The number of carbonyl (C=O) groups is 2. The minimum absolute atomic E-state index is 0.125. The van der Waals surface area contributed by atoms with Gasteiger partial charge in [-0.1, -0.05) is 0 Å². The number of pyridine rings is 1. The quantitative estimate of drug-likeness (QED) is 0.785. The molecule has 0 fully saturated rings. The lowest BCUT2D eigenvalue weighted by Crippen LogP contribution is -2.21. The average molecular weight is 275 g/mol. The number of rotatable bonds is 4. The van der Waals surface area contributed by atoms with Gasteiger partial charge in [-0.3, -0.25) is 4.68 Å². The topological polar surface area (TPSA) is 109 Å². The Kier molecular flexibility index (Phi) is 3.94. The zero-order chi connectivity index (χ0) is 14.5. The second-order valence-corrected chi connectivity index (χ2v) is 3.87. The monoisotopic (exact) mass is 275 g/mol. The van der Waals surface area contributed by atoms with E-state index in [1.807, 2.05) is 6.92 Å². The fraction of sp³-hybridized carbons (Fsp3) is 0.167. The van der Waals surface area contributed by atoms with Crippen LogP contribution in [-0.2, 0) is 6.54 Å². The number of aromatic nitrogens is 3. The minimum atomic E-state index is -1.21. The molecule has 0 radical (unpaired) electrons. The Balaban J connectivity index is 2.06. The molecule has 8 nitrogen and oxygen atoms in total. The van der Waals surface area contributed by atoms with Crippen molar-refractivity contribution in [2.45, 2.75) is 13.5 Å². The van der Waals surface area contributed by atoms with Crippen LogP contribution in [0, 0.1) is 0 Å². The summed E-state index contributed by atoms with van der Waals surface area (Å²) in [6.07, 6.45) is 4.52. The third kappa shape index (κ3) is 3.10. The first-order chi connectivity index (χ1) is 9.60. The molecule has 0 unspecified atom stereocenters. The van der Waals surface area contributed by atoms with Crippen molar-refractivity contribution in [2.24, 2.45) is 0 Å². The maximum Gasteiger partial charge on any atom is 0.356 e. The minimum Gasteiger partial charge on any atom is -0.476 e. The van der Waals surface area contributed by atoms with Gasteiger partial charge in [-0.2, -0.15) is 5.10 Å². The van der Waals surface area contributed by atoms with Gasteiger partial charge in [-0.15, -0.1) is 0 Å². The standard InChI is InChI=1S/C12H13N5O3/c1-2-17-7-8(6-14-17)15-12(20)16-9-4-3-5-13-10(9)11(18)19/h3-7H,2H2,1H3,(H,18,19)(H2,15,16,20). The predicted molar refractivity (Wildman–Crippen MR) is 71.7 cm³/mol. The normalized spacial score (nSPS) is 10.1. The van der Waals surface area contributed by atoms with Crippen LogP contribution in [-0.4, -0.2) is 31.9 Å². The summed E-state index contributed by atoms with van der Waals surface area (Å²) >= 11 is 0. The number of anilines is 2. The number of hydrogen-bond donors (Lipinski definition) is 3. The molecule has 0 atom stereocenters. The molecule has 2 amide bonds. The molecular weight excluding hydrogens is 262 g/mol. The number of aromatic carboxylic acids is 1. The van der Waals surface area contributed by atoms with E-state index in [0.717, 1.165) is 0 Å². The smallest absolute Gasteiger partial charge is 0.356 e. The van der Waals surface area contributed by atoms with Gasteiger partial charge in [0.05, 0.1) is 17.6 Å². The summed E-state index contributed by atoms with van der Waals surface area (Å²) in [5, 5.41) is 18.0. The van der Waals surface area contributed by atoms with E-state index in [-0.39, 0.29) is 11.4 Å². The summed E-state index contributed by atoms with van der Waals surface area (Å²) in [7, 11) is 0. The van der Waals surface area contributed by atoms with Crippen molar-refractivity contribution in [3.8, 4) is 0 Å². The Morgan fingerprint density at radius 1 is 1.40 bits per heavy atom. The van der Waals surface area contributed by atoms with Gasteiger partial charge in [0, 0.05) is 18.9 Å². The maximum atomic E-state index is 11.8. The molecule has 8 heteroatoms. The van der Waals surface area contributed by atoms with Gasteiger partial charge in [0.15, 0.2) is 5.69 Å². The van der Waals surface area contributed by atoms with E-state index in [1.165, 1.54) is 24.5 Å². The van der Waals surface area contributed by atoms with Crippen LogP contribution in [0.2, 0.25) is 0 Å². The highest BCUT2D eigenvalue weighted by Gasteiger charge is 2.13. The zero-order valence-electron chi connectivity index (χ0n) is 10.7. The summed E-state index contributed by atoms with van der Waals surface area (Å²) in [6.45, 7) is 2.61. The third-order valence-corrected chi connectivity index (χ3v) is 2.47.